The summed E-state index contributed by atoms with van der Waals surface area (Å²) in [5.74, 6) is 0.633. The highest BCUT2D eigenvalue weighted by Gasteiger charge is 2.34. The number of benzene rings is 3. The quantitative estimate of drug-likeness (QED) is 0.218. The van der Waals surface area contributed by atoms with Crippen molar-refractivity contribution < 1.29 is 19.0 Å². The topological polar surface area (TPSA) is 79.1 Å². The molecule has 1 atom stereocenters. The number of nitrogens with zero attached hydrogens (tertiary/aromatic N) is 2. The molecule has 42 heavy (non-hydrogen) atoms. The standard InChI is InChI=1S/C33H28N2O5S2/c1-4-39-32(37)28-20(2)34-33-35(29(28)26-16-9-17-41-26)31(36)27(42-33)18-22-12-8-15-25(38-3)30(22)40-19-23-13-7-11-21-10-5-6-14-24(21)23/h5-18,29H,4,19H2,1-3H3/b27-18-/t29-/m0/s1. The van der Waals surface area contributed by atoms with Crippen molar-refractivity contribution in [2.24, 2.45) is 4.99 Å². The van der Waals surface area contributed by atoms with E-state index in [9.17, 15) is 9.59 Å². The third-order valence-electron chi connectivity index (χ3n) is 7.10. The Hall–Kier alpha value is -4.47. The largest absolute Gasteiger partial charge is 0.493 e. The number of thiazole rings is 1. The van der Waals surface area contributed by atoms with Crippen molar-refractivity contribution in [3.8, 4) is 11.5 Å². The Morgan fingerprint density at radius 3 is 2.64 bits per heavy atom. The number of carbonyl (C=O) groups is 1. The van der Waals surface area contributed by atoms with Crippen LogP contribution in [0.4, 0.5) is 0 Å². The number of para-hydroxylation sites is 1. The zero-order chi connectivity index (χ0) is 29.2. The number of hydrogen-bond donors (Lipinski definition) is 0. The summed E-state index contributed by atoms with van der Waals surface area (Å²) in [5.41, 5.74) is 2.42. The lowest BCUT2D eigenvalue weighted by Gasteiger charge is -2.23. The van der Waals surface area contributed by atoms with E-state index >= 15 is 0 Å². The van der Waals surface area contributed by atoms with Crippen molar-refractivity contribution in [3.63, 3.8) is 0 Å². The number of esters is 1. The molecule has 3 heterocycles. The van der Waals surface area contributed by atoms with Gasteiger partial charge in [0, 0.05) is 10.4 Å². The van der Waals surface area contributed by atoms with E-state index in [0.717, 1.165) is 21.2 Å². The molecule has 0 spiro atoms. The normalized spacial score (nSPS) is 14.9. The van der Waals surface area contributed by atoms with Gasteiger partial charge in [-0.05, 0) is 53.8 Å². The fraction of sp³-hybridized carbons (Fsp3) is 0.182. The molecule has 0 unspecified atom stereocenters. The highest BCUT2D eigenvalue weighted by molar-refractivity contribution is 7.10. The number of fused-ring (bicyclic) bond motifs is 2. The van der Waals surface area contributed by atoms with E-state index in [1.165, 1.54) is 22.7 Å². The molecule has 0 saturated heterocycles. The van der Waals surface area contributed by atoms with Crippen LogP contribution in [0.3, 0.4) is 0 Å². The molecule has 3 aromatic carbocycles. The maximum atomic E-state index is 14.0. The lowest BCUT2D eigenvalue weighted by atomic mass is 10.0. The molecule has 6 rings (SSSR count). The van der Waals surface area contributed by atoms with E-state index in [0.29, 0.717) is 44.3 Å². The van der Waals surface area contributed by atoms with Gasteiger partial charge in [-0.15, -0.1) is 11.3 Å². The van der Waals surface area contributed by atoms with Crippen LogP contribution in [-0.4, -0.2) is 24.3 Å². The summed E-state index contributed by atoms with van der Waals surface area (Å²) in [4.78, 5) is 33.1. The van der Waals surface area contributed by atoms with Crippen molar-refractivity contribution >= 4 is 45.5 Å². The molecule has 0 saturated carbocycles. The second-order valence-corrected chi connectivity index (χ2v) is 11.6. The van der Waals surface area contributed by atoms with Crippen LogP contribution in [0.1, 0.15) is 35.9 Å². The number of allylic oxidation sites excluding steroid dienone is 1. The SMILES string of the molecule is CCOC(=O)C1=C(C)N=c2s/c(=C\c3cccc(OC)c3OCc3cccc4ccccc34)c(=O)n2[C@H]1c1cccs1. The molecule has 5 aromatic rings. The van der Waals surface area contributed by atoms with Gasteiger partial charge in [0.1, 0.15) is 12.6 Å². The molecule has 0 amide bonds. The van der Waals surface area contributed by atoms with E-state index in [1.54, 1.807) is 31.6 Å². The second kappa shape index (κ2) is 11.8. The van der Waals surface area contributed by atoms with Crippen LogP contribution in [0, 0.1) is 0 Å². The number of rotatable bonds is 8. The Morgan fingerprint density at radius 1 is 1.05 bits per heavy atom. The van der Waals surface area contributed by atoms with E-state index in [2.05, 4.69) is 23.2 Å². The van der Waals surface area contributed by atoms with E-state index in [1.807, 2.05) is 60.0 Å². The summed E-state index contributed by atoms with van der Waals surface area (Å²) in [5, 5.41) is 4.18. The Morgan fingerprint density at radius 2 is 1.86 bits per heavy atom. The number of methoxy groups -OCH3 is 1. The minimum absolute atomic E-state index is 0.231. The molecule has 0 radical (unpaired) electrons. The fourth-order valence-corrected chi connectivity index (χ4v) is 7.04. The highest BCUT2D eigenvalue weighted by atomic mass is 32.1. The monoisotopic (exact) mass is 596 g/mol. The highest BCUT2D eigenvalue weighted by Crippen LogP contribution is 2.34. The number of thiophene rings is 1. The van der Waals surface area contributed by atoms with Crippen molar-refractivity contribution in [1.82, 2.24) is 4.57 Å². The maximum absolute atomic E-state index is 14.0. The first kappa shape index (κ1) is 27.7. The maximum Gasteiger partial charge on any atom is 0.338 e. The molecule has 9 heteroatoms. The summed E-state index contributed by atoms with van der Waals surface area (Å²) in [6.07, 6.45) is 1.81. The van der Waals surface area contributed by atoms with Crippen LogP contribution in [0.5, 0.6) is 11.5 Å². The predicted octanol–water partition coefficient (Wildman–Crippen LogP) is 5.60. The number of hydrogen-bond acceptors (Lipinski definition) is 8. The number of ether oxygens (including phenoxy) is 3. The molecular weight excluding hydrogens is 569 g/mol. The fourth-order valence-electron chi connectivity index (χ4n) is 5.18. The summed E-state index contributed by atoms with van der Waals surface area (Å²) < 4.78 is 19.5. The van der Waals surface area contributed by atoms with Gasteiger partial charge in [-0.1, -0.05) is 72.0 Å². The molecule has 0 aliphatic carbocycles. The van der Waals surface area contributed by atoms with Crippen molar-refractivity contribution in [2.45, 2.75) is 26.5 Å². The minimum atomic E-state index is -0.616. The van der Waals surface area contributed by atoms with Gasteiger partial charge in [0.15, 0.2) is 16.3 Å². The minimum Gasteiger partial charge on any atom is -0.493 e. The van der Waals surface area contributed by atoms with Crippen molar-refractivity contribution in [3.05, 3.63) is 125 Å². The Labute approximate surface area is 250 Å². The van der Waals surface area contributed by atoms with Gasteiger partial charge in [-0.25, -0.2) is 9.79 Å². The van der Waals surface area contributed by atoms with Gasteiger partial charge in [-0.2, -0.15) is 0 Å². The Bertz CT molecular complexity index is 2000. The molecule has 7 nitrogen and oxygen atoms in total. The summed E-state index contributed by atoms with van der Waals surface area (Å²) >= 11 is 2.76. The van der Waals surface area contributed by atoms with Gasteiger partial charge >= 0.3 is 5.97 Å². The first-order valence-electron chi connectivity index (χ1n) is 13.5. The van der Waals surface area contributed by atoms with E-state index in [-0.39, 0.29) is 12.2 Å². The van der Waals surface area contributed by atoms with Crippen LogP contribution >= 0.6 is 22.7 Å². The molecule has 0 fully saturated rings. The molecule has 212 valence electrons. The van der Waals surface area contributed by atoms with Crippen LogP contribution in [0.2, 0.25) is 0 Å². The zero-order valence-electron chi connectivity index (χ0n) is 23.3. The van der Waals surface area contributed by atoms with Crippen LogP contribution in [0.15, 0.2) is 99.2 Å². The molecule has 2 aromatic heterocycles. The van der Waals surface area contributed by atoms with E-state index in [4.69, 9.17) is 14.2 Å². The Kier molecular flexibility index (Phi) is 7.78. The van der Waals surface area contributed by atoms with Gasteiger partial charge in [-0.3, -0.25) is 9.36 Å². The van der Waals surface area contributed by atoms with Crippen LogP contribution < -0.4 is 24.4 Å². The molecule has 1 aliphatic rings. The third-order valence-corrected chi connectivity index (χ3v) is 9.01. The van der Waals surface area contributed by atoms with Crippen LogP contribution in [0.25, 0.3) is 16.8 Å². The van der Waals surface area contributed by atoms with E-state index < -0.39 is 12.0 Å². The number of carbonyl (C=O) groups excluding carboxylic acids is 1. The van der Waals surface area contributed by atoms with Gasteiger partial charge < -0.3 is 14.2 Å². The summed E-state index contributed by atoms with van der Waals surface area (Å²) in [7, 11) is 1.60. The summed E-state index contributed by atoms with van der Waals surface area (Å²) in [6, 6.07) is 23.1. The van der Waals surface area contributed by atoms with Crippen molar-refractivity contribution in [2.75, 3.05) is 13.7 Å². The van der Waals surface area contributed by atoms with Crippen LogP contribution in [-0.2, 0) is 16.1 Å². The molecule has 0 bridgehead atoms. The lowest BCUT2D eigenvalue weighted by Crippen LogP contribution is -2.39. The number of aromatic nitrogens is 1. The Balaban J connectivity index is 1.44. The summed E-state index contributed by atoms with van der Waals surface area (Å²) in [6.45, 7) is 4.10. The molecule has 0 N–H and O–H groups in total. The average molecular weight is 597 g/mol. The average Bonchev–Trinajstić information content (AvgIpc) is 3.64. The first-order chi connectivity index (χ1) is 20.5. The van der Waals surface area contributed by atoms with Gasteiger partial charge in [0.25, 0.3) is 5.56 Å². The predicted molar refractivity (Wildman–Crippen MR) is 166 cm³/mol. The first-order valence-corrected chi connectivity index (χ1v) is 15.2. The smallest absolute Gasteiger partial charge is 0.338 e. The van der Waals surface area contributed by atoms with Gasteiger partial charge in [0.2, 0.25) is 0 Å². The van der Waals surface area contributed by atoms with Crippen molar-refractivity contribution in [1.29, 1.82) is 0 Å². The molecule has 1 aliphatic heterocycles. The lowest BCUT2D eigenvalue weighted by molar-refractivity contribution is -0.139. The second-order valence-electron chi connectivity index (χ2n) is 9.62. The zero-order valence-corrected chi connectivity index (χ0v) is 25.0. The van der Waals surface area contributed by atoms with Gasteiger partial charge in [0.05, 0.1) is 29.5 Å². The molecular formula is C33H28N2O5S2. The third kappa shape index (κ3) is 5.06.